The van der Waals surface area contributed by atoms with Gasteiger partial charge in [-0.3, -0.25) is 19.1 Å². The van der Waals surface area contributed by atoms with E-state index in [1.54, 1.807) is 24.3 Å². The van der Waals surface area contributed by atoms with Crippen LogP contribution in [0.15, 0.2) is 33.9 Å². The van der Waals surface area contributed by atoms with Gasteiger partial charge >= 0.3 is 11.7 Å². The van der Waals surface area contributed by atoms with Gasteiger partial charge in [-0.05, 0) is 25.0 Å². The molecule has 0 aliphatic carbocycles. The number of amides is 1. The molecule has 2 aromatic rings. The van der Waals surface area contributed by atoms with Crippen LogP contribution < -0.4 is 11.2 Å². The number of carboxylic acid groups (broad SMARTS) is 1. The van der Waals surface area contributed by atoms with Crippen molar-refractivity contribution in [1.29, 1.82) is 0 Å². The zero-order valence-electron chi connectivity index (χ0n) is 12.9. The number of aryl methyl sites for hydroxylation is 1. The van der Waals surface area contributed by atoms with E-state index in [1.807, 2.05) is 0 Å². The Bertz CT molecular complexity index is 914. The molecule has 0 saturated carbocycles. The zero-order valence-corrected chi connectivity index (χ0v) is 12.9. The standard InChI is InChI=1S/C16H17N3O5/c20-13(18-8-3-6-12(18)15(22)23)7-9-19-11-5-2-1-4-10(11)14(21)17-16(19)24/h1-2,4-5,12H,3,6-9H2,(H,22,23)(H,17,21,24). The van der Waals surface area contributed by atoms with Gasteiger partial charge in [0.2, 0.25) is 5.91 Å². The Morgan fingerprint density at radius 3 is 2.75 bits per heavy atom. The van der Waals surface area contributed by atoms with Crippen molar-refractivity contribution >= 4 is 22.8 Å². The molecule has 1 fully saturated rings. The number of aromatic nitrogens is 2. The number of nitrogens with zero attached hydrogens (tertiary/aromatic N) is 2. The number of likely N-dealkylation sites (tertiary alicyclic amines) is 1. The number of carbonyl (C=O) groups excluding carboxylic acids is 1. The first-order valence-electron chi connectivity index (χ1n) is 7.73. The lowest BCUT2D eigenvalue weighted by atomic mass is 10.2. The summed E-state index contributed by atoms with van der Waals surface area (Å²) in [7, 11) is 0. The first-order chi connectivity index (χ1) is 11.5. The Labute approximate surface area is 136 Å². The van der Waals surface area contributed by atoms with Gasteiger partial charge in [0.15, 0.2) is 0 Å². The van der Waals surface area contributed by atoms with Gasteiger partial charge in [0.1, 0.15) is 6.04 Å². The molecule has 1 saturated heterocycles. The average molecular weight is 331 g/mol. The summed E-state index contributed by atoms with van der Waals surface area (Å²) in [5.74, 6) is -1.31. The molecule has 0 bridgehead atoms. The quantitative estimate of drug-likeness (QED) is 0.828. The molecule has 2 heterocycles. The van der Waals surface area contributed by atoms with Crippen LogP contribution in [0, 0.1) is 0 Å². The van der Waals surface area contributed by atoms with Crippen LogP contribution in [-0.2, 0) is 16.1 Å². The fourth-order valence-corrected chi connectivity index (χ4v) is 3.14. The number of fused-ring (bicyclic) bond motifs is 1. The summed E-state index contributed by atoms with van der Waals surface area (Å²) in [6, 6.07) is 5.86. The SMILES string of the molecule is O=C(O)C1CCCN1C(=O)CCn1c(=O)[nH]c(=O)c2ccccc21. The topological polar surface area (TPSA) is 112 Å². The van der Waals surface area contributed by atoms with Gasteiger partial charge in [0.05, 0.1) is 10.9 Å². The van der Waals surface area contributed by atoms with E-state index in [0.717, 1.165) is 0 Å². The van der Waals surface area contributed by atoms with Crippen LogP contribution in [0.4, 0.5) is 0 Å². The highest BCUT2D eigenvalue weighted by Crippen LogP contribution is 2.18. The summed E-state index contributed by atoms with van der Waals surface area (Å²) in [6.07, 6.45) is 1.10. The molecule has 24 heavy (non-hydrogen) atoms. The molecular formula is C16H17N3O5. The molecule has 0 spiro atoms. The molecule has 8 nitrogen and oxygen atoms in total. The van der Waals surface area contributed by atoms with E-state index in [4.69, 9.17) is 5.11 Å². The van der Waals surface area contributed by atoms with E-state index in [2.05, 4.69) is 4.98 Å². The molecule has 1 aromatic heterocycles. The van der Waals surface area contributed by atoms with Crippen LogP contribution in [0.5, 0.6) is 0 Å². The van der Waals surface area contributed by atoms with Gasteiger partial charge in [0, 0.05) is 19.5 Å². The van der Waals surface area contributed by atoms with E-state index in [0.29, 0.717) is 30.3 Å². The van der Waals surface area contributed by atoms with Crippen LogP contribution in [0.2, 0.25) is 0 Å². The summed E-state index contributed by atoms with van der Waals surface area (Å²) in [6.45, 7) is 0.495. The number of hydrogen-bond donors (Lipinski definition) is 2. The summed E-state index contributed by atoms with van der Waals surface area (Å²) in [5, 5.41) is 9.51. The van der Waals surface area contributed by atoms with Crippen molar-refractivity contribution in [2.75, 3.05) is 6.54 Å². The number of carbonyl (C=O) groups is 2. The summed E-state index contributed by atoms with van der Waals surface area (Å²) >= 11 is 0. The lowest BCUT2D eigenvalue weighted by Gasteiger charge is -2.21. The average Bonchev–Trinajstić information content (AvgIpc) is 3.04. The Morgan fingerprint density at radius 2 is 2.00 bits per heavy atom. The molecule has 3 rings (SSSR count). The predicted octanol–water partition coefficient (Wildman–Crippen LogP) is 0.156. The second-order valence-electron chi connectivity index (χ2n) is 5.76. The monoisotopic (exact) mass is 331 g/mol. The molecule has 1 unspecified atom stereocenters. The third kappa shape index (κ3) is 2.82. The Morgan fingerprint density at radius 1 is 1.25 bits per heavy atom. The summed E-state index contributed by atoms with van der Waals surface area (Å²) < 4.78 is 1.33. The van der Waals surface area contributed by atoms with Crippen LogP contribution in [0.25, 0.3) is 10.9 Å². The number of aliphatic carboxylic acids is 1. The minimum atomic E-state index is -1.01. The Kier molecular flexibility index (Phi) is 4.20. The first-order valence-corrected chi connectivity index (χ1v) is 7.73. The second-order valence-corrected chi connectivity index (χ2v) is 5.76. The maximum Gasteiger partial charge on any atom is 0.328 e. The van der Waals surface area contributed by atoms with Gasteiger partial charge < -0.3 is 10.0 Å². The number of benzene rings is 1. The van der Waals surface area contributed by atoms with Gasteiger partial charge in [0.25, 0.3) is 5.56 Å². The van der Waals surface area contributed by atoms with Crippen molar-refractivity contribution in [2.24, 2.45) is 0 Å². The molecule has 1 aliphatic rings. The minimum Gasteiger partial charge on any atom is -0.480 e. The third-order valence-corrected chi connectivity index (χ3v) is 4.31. The van der Waals surface area contributed by atoms with Gasteiger partial charge in [-0.1, -0.05) is 12.1 Å². The predicted molar refractivity (Wildman–Crippen MR) is 85.8 cm³/mol. The van der Waals surface area contributed by atoms with Crippen LogP contribution >= 0.6 is 0 Å². The first kappa shape index (κ1) is 16.0. The fraction of sp³-hybridized carbons (Fsp3) is 0.375. The van der Waals surface area contributed by atoms with E-state index in [-0.39, 0.29) is 18.9 Å². The highest BCUT2D eigenvalue weighted by Gasteiger charge is 2.33. The van der Waals surface area contributed by atoms with Gasteiger partial charge in [-0.15, -0.1) is 0 Å². The van der Waals surface area contributed by atoms with Crippen molar-refractivity contribution < 1.29 is 14.7 Å². The zero-order chi connectivity index (χ0) is 17.3. The third-order valence-electron chi connectivity index (χ3n) is 4.31. The van der Waals surface area contributed by atoms with E-state index < -0.39 is 23.3 Å². The van der Waals surface area contributed by atoms with E-state index in [9.17, 15) is 19.2 Å². The molecule has 2 N–H and O–H groups in total. The van der Waals surface area contributed by atoms with Gasteiger partial charge in [-0.25, -0.2) is 9.59 Å². The molecule has 1 amide bonds. The Hall–Kier alpha value is -2.90. The highest BCUT2D eigenvalue weighted by molar-refractivity contribution is 5.84. The number of aromatic amines is 1. The van der Waals surface area contributed by atoms with Crippen molar-refractivity contribution in [3.8, 4) is 0 Å². The van der Waals surface area contributed by atoms with Crippen LogP contribution in [0.3, 0.4) is 0 Å². The van der Waals surface area contributed by atoms with Gasteiger partial charge in [-0.2, -0.15) is 0 Å². The van der Waals surface area contributed by atoms with E-state index >= 15 is 0 Å². The van der Waals surface area contributed by atoms with Crippen molar-refractivity contribution in [2.45, 2.75) is 31.8 Å². The lowest BCUT2D eigenvalue weighted by molar-refractivity contribution is -0.148. The molecule has 1 aromatic carbocycles. The lowest BCUT2D eigenvalue weighted by Crippen LogP contribution is -2.41. The maximum atomic E-state index is 12.3. The summed E-state index contributed by atoms with van der Waals surface area (Å²) in [5.41, 5.74) is -0.596. The minimum absolute atomic E-state index is 0.000273. The number of carboxylic acids is 1. The van der Waals surface area contributed by atoms with E-state index in [1.165, 1.54) is 9.47 Å². The maximum absolute atomic E-state index is 12.3. The van der Waals surface area contributed by atoms with Crippen molar-refractivity contribution in [3.63, 3.8) is 0 Å². The van der Waals surface area contributed by atoms with Crippen LogP contribution in [-0.4, -0.2) is 44.0 Å². The number of para-hydroxylation sites is 1. The number of rotatable bonds is 4. The number of H-pyrrole nitrogens is 1. The van der Waals surface area contributed by atoms with Crippen molar-refractivity contribution in [3.05, 3.63) is 45.1 Å². The van der Waals surface area contributed by atoms with Crippen LogP contribution in [0.1, 0.15) is 19.3 Å². The smallest absolute Gasteiger partial charge is 0.328 e. The molecule has 8 heteroatoms. The molecular weight excluding hydrogens is 314 g/mol. The summed E-state index contributed by atoms with van der Waals surface area (Å²) in [4.78, 5) is 50.9. The number of nitrogens with one attached hydrogen (secondary N) is 1. The highest BCUT2D eigenvalue weighted by atomic mass is 16.4. The molecule has 126 valence electrons. The number of hydrogen-bond acceptors (Lipinski definition) is 4. The fourth-order valence-electron chi connectivity index (χ4n) is 3.14. The van der Waals surface area contributed by atoms with Crippen molar-refractivity contribution in [1.82, 2.24) is 14.5 Å². The molecule has 0 radical (unpaired) electrons. The normalized spacial score (nSPS) is 17.3. The molecule has 1 atom stereocenters. The molecule has 1 aliphatic heterocycles. The Balaban J connectivity index is 1.84. The largest absolute Gasteiger partial charge is 0.480 e. The second kappa shape index (κ2) is 6.31.